The molecule has 0 fully saturated rings. The molecule has 0 aliphatic carbocycles. The second kappa shape index (κ2) is 5.65. The molecule has 1 atom stereocenters. The molecule has 5 heteroatoms. The Morgan fingerprint density at radius 2 is 2.38 bits per heavy atom. The van der Waals surface area contributed by atoms with Gasteiger partial charge in [-0.1, -0.05) is 6.92 Å². The summed E-state index contributed by atoms with van der Waals surface area (Å²) >= 11 is 0. The van der Waals surface area contributed by atoms with Gasteiger partial charge in [0.1, 0.15) is 5.69 Å². The molecule has 0 radical (unpaired) electrons. The van der Waals surface area contributed by atoms with Crippen LogP contribution in [0.5, 0.6) is 0 Å². The maximum atomic E-state index is 11.9. The van der Waals surface area contributed by atoms with E-state index in [1.54, 1.807) is 17.8 Å². The fourth-order valence-corrected chi connectivity index (χ4v) is 1.62. The first kappa shape index (κ1) is 12.7. The van der Waals surface area contributed by atoms with E-state index < -0.39 is 0 Å². The van der Waals surface area contributed by atoms with Crippen LogP contribution in [0.3, 0.4) is 0 Å². The van der Waals surface area contributed by atoms with Crippen LogP contribution in [-0.2, 0) is 7.05 Å². The van der Waals surface area contributed by atoms with Gasteiger partial charge in [0.15, 0.2) is 0 Å². The molecule has 1 aromatic rings. The van der Waals surface area contributed by atoms with Crippen molar-refractivity contribution in [3.63, 3.8) is 0 Å². The van der Waals surface area contributed by atoms with Crippen LogP contribution in [0.15, 0.2) is 6.07 Å². The molecule has 1 rings (SSSR count). The highest BCUT2D eigenvalue weighted by molar-refractivity contribution is 5.92. The van der Waals surface area contributed by atoms with Gasteiger partial charge in [-0.3, -0.25) is 9.48 Å². The predicted molar refractivity (Wildman–Crippen MR) is 61.2 cm³/mol. The number of aliphatic hydroxyl groups is 1. The van der Waals surface area contributed by atoms with E-state index in [0.29, 0.717) is 12.1 Å². The smallest absolute Gasteiger partial charge is 0.269 e. The SMILES string of the molecule is CCC(CCO)NC(=O)c1cc(C)nn1C. The Kier molecular flexibility index (Phi) is 4.49. The van der Waals surface area contributed by atoms with Gasteiger partial charge in [-0.15, -0.1) is 0 Å². The summed E-state index contributed by atoms with van der Waals surface area (Å²) in [6, 6.07) is 1.77. The molecule has 1 amide bonds. The molecule has 1 unspecified atom stereocenters. The minimum Gasteiger partial charge on any atom is -0.396 e. The first-order valence-corrected chi connectivity index (χ1v) is 5.50. The summed E-state index contributed by atoms with van der Waals surface area (Å²) in [5, 5.41) is 15.8. The Balaban J connectivity index is 2.67. The number of aromatic nitrogens is 2. The van der Waals surface area contributed by atoms with Crippen LogP contribution in [0.2, 0.25) is 0 Å². The molecule has 0 aromatic carbocycles. The van der Waals surface area contributed by atoms with Crippen LogP contribution in [0.4, 0.5) is 0 Å². The van der Waals surface area contributed by atoms with Crippen molar-refractivity contribution in [3.8, 4) is 0 Å². The van der Waals surface area contributed by atoms with Gasteiger partial charge in [0, 0.05) is 19.7 Å². The quantitative estimate of drug-likeness (QED) is 0.772. The van der Waals surface area contributed by atoms with Gasteiger partial charge in [-0.2, -0.15) is 5.10 Å². The Hall–Kier alpha value is -1.36. The van der Waals surface area contributed by atoms with Crippen LogP contribution in [0, 0.1) is 6.92 Å². The zero-order chi connectivity index (χ0) is 12.1. The molecule has 0 spiro atoms. The van der Waals surface area contributed by atoms with Gasteiger partial charge in [0.25, 0.3) is 5.91 Å². The third kappa shape index (κ3) is 3.06. The molecule has 0 aliphatic heterocycles. The van der Waals surface area contributed by atoms with Crippen molar-refractivity contribution in [2.24, 2.45) is 7.05 Å². The maximum absolute atomic E-state index is 11.9. The molecule has 1 heterocycles. The van der Waals surface area contributed by atoms with E-state index in [4.69, 9.17) is 5.11 Å². The first-order chi connectivity index (χ1) is 7.58. The van der Waals surface area contributed by atoms with E-state index in [1.807, 2.05) is 13.8 Å². The van der Waals surface area contributed by atoms with Gasteiger partial charge in [-0.05, 0) is 25.8 Å². The summed E-state index contributed by atoms with van der Waals surface area (Å²) in [6.45, 7) is 3.92. The summed E-state index contributed by atoms with van der Waals surface area (Å²) in [5.74, 6) is -0.136. The fourth-order valence-electron chi connectivity index (χ4n) is 1.62. The molecular formula is C11H19N3O2. The summed E-state index contributed by atoms with van der Waals surface area (Å²) < 4.78 is 1.57. The zero-order valence-electron chi connectivity index (χ0n) is 10.0. The third-order valence-electron chi connectivity index (χ3n) is 2.54. The van der Waals surface area contributed by atoms with Gasteiger partial charge >= 0.3 is 0 Å². The Morgan fingerprint density at radius 1 is 1.69 bits per heavy atom. The molecular weight excluding hydrogens is 206 g/mol. The molecule has 5 nitrogen and oxygen atoms in total. The van der Waals surface area contributed by atoms with E-state index in [1.165, 1.54) is 0 Å². The van der Waals surface area contributed by atoms with Gasteiger partial charge in [0.05, 0.1) is 5.69 Å². The predicted octanol–water partition coefficient (Wildman–Crippen LogP) is 0.619. The average molecular weight is 225 g/mol. The number of carbonyl (C=O) groups is 1. The highest BCUT2D eigenvalue weighted by Gasteiger charge is 2.15. The minimum absolute atomic E-state index is 0.0210. The Bertz CT molecular complexity index is 360. The average Bonchev–Trinajstić information content (AvgIpc) is 2.57. The summed E-state index contributed by atoms with van der Waals surface area (Å²) in [7, 11) is 1.74. The lowest BCUT2D eigenvalue weighted by atomic mass is 10.1. The van der Waals surface area contributed by atoms with E-state index in [0.717, 1.165) is 12.1 Å². The van der Waals surface area contributed by atoms with Crippen LogP contribution in [0.25, 0.3) is 0 Å². The number of hydrogen-bond donors (Lipinski definition) is 2. The van der Waals surface area contributed by atoms with E-state index in [2.05, 4.69) is 10.4 Å². The number of nitrogens with zero attached hydrogens (tertiary/aromatic N) is 2. The number of nitrogens with one attached hydrogen (secondary N) is 1. The molecule has 0 saturated carbocycles. The lowest BCUT2D eigenvalue weighted by Gasteiger charge is -2.15. The van der Waals surface area contributed by atoms with E-state index in [-0.39, 0.29) is 18.6 Å². The highest BCUT2D eigenvalue weighted by atomic mass is 16.3. The van der Waals surface area contributed by atoms with Crippen LogP contribution < -0.4 is 5.32 Å². The lowest BCUT2D eigenvalue weighted by molar-refractivity contribution is 0.0919. The van der Waals surface area contributed by atoms with Crippen LogP contribution >= 0.6 is 0 Å². The number of amides is 1. The van der Waals surface area contributed by atoms with Crippen molar-refractivity contribution in [3.05, 3.63) is 17.5 Å². The van der Waals surface area contributed by atoms with Crippen molar-refractivity contribution in [2.75, 3.05) is 6.61 Å². The normalized spacial score (nSPS) is 12.5. The number of hydrogen-bond acceptors (Lipinski definition) is 3. The number of aryl methyl sites for hydroxylation is 2. The van der Waals surface area contributed by atoms with Gasteiger partial charge in [0.2, 0.25) is 0 Å². The third-order valence-corrected chi connectivity index (χ3v) is 2.54. The number of aliphatic hydroxyl groups excluding tert-OH is 1. The molecule has 90 valence electrons. The maximum Gasteiger partial charge on any atom is 0.269 e. The molecule has 0 bridgehead atoms. The number of carbonyl (C=O) groups excluding carboxylic acids is 1. The topological polar surface area (TPSA) is 67.2 Å². The van der Waals surface area contributed by atoms with Gasteiger partial charge in [-0.25, -0.2) is 0 Å². The lowest BCUT2D eigenvalue weighted by Crippen LogP contribution is -2.36. The molecule has 0 saturated heterocycles. The van der Waals surface area contributed by atoms with Crippen molar-refractivity contribution < 1.29 is 9.90 Å². The molecule has 1 aromatic heterocycles. The zero-order valence-corrected chi connectivity index (χ0v) is 10.0. The van der Waals surface area contributed by atoms with Crippen LogP contribution in [-0.4, -0.2) is 33.4 Å². The van der Waals surface area contributed by atoms with Crippen molar-refractivity contribution in [2.45, 2.75) is 32.7 Å². The molecule has 16 heavy (non-hydrogen) atoms. The minimum atomic E-state index is -0.136. The largest absolute Gasteiger partial charge is 0.396 e. The monoisotopic (exact) mass is 225 g/mol. The van der Waals surface area contributed by atoms with Crippen molar-refractivity contribution >= 4 is 5.91 Å². The summed E-state index contributed by atoms with van der Waals surface area (Å²) in [5.41, 5.74) is 1.37. The molecule has 2 N–H and O–H groups in total. The fraction of sp³-hybridized carbons (Fsp3) is 0.636. The van der Waals surface area contributed by atoms with Crippen molar-refractivity contribution in [1.29, 1.82) is 0 Å². The molecule has 0 aliphatic rings. The summed E-state index contributed by atoms with van der Waals surface area (Å²) in [6.07, 6.45) is 1.39. The first-order valence-electron chi connectivity index (χ1n) is 5.50. The van der Waals surface area contributed by atoms with Crippen LogP contribution in [0.1, 0.15) is 35.9 Å². The Morgan fingerprint density at radius 3 is 2.81 bits per heavy atom. The second-order valence-electron chi connectivity index (χ2n) is 3.89. The summed E-state index contributed by atoms with van der Waals surface area (Å²) in [4.78, 5) is 11.9. The van der Waals surface area contributed by atoms with E-state index in [9.17, 15) is 4.79 Å². The van der Waals surface area contributed by atoms with Crippen molar-refractivity contribution in [1.82, 2.24) is 15.1 Å². The Labute approximate surface area is 95.5 Å². The second-order valence-corrected chi connectivity index (χ2v) is 3.89. The number of rotatable bonds is 5. The van der Waals surface area contributed by atoms with E-state index >= 15 is 0 Å². The standard InChI is InChI=1S/C11H19N3O2/c1-4-9(5-6-15)12-11(16)10-7-8(2)13-14(10)3/h7,9,15H,4-6H2,1-3H3,(H,12,16). The van der Waals surface area contributed by atoms with Gasteiger partial charge < -0.3 is 10.4 Å². The highest BCUT2D eigenvalue weighted by Crippen LogP contribution is 2.04.